The Morgan fingerprint density at radius 1 is 1.36 bits per heavy atom. The minimum Gasteiger partial charge on any atom is -0.290 e. The molecule has 4 rings (SSSR count). The van der Waals surface area contributed by atoms with Crippen molar-refractivity contribution in [1.82, 2.24) is 14.8 Å². The number of carbonyl (C=O) groups excluding carboxylic acids is 1. The lowest BCUT2D eigenvalue weighted by atomic mass is 9.97. The number of aromatic nitrogens is 3. The molecular formula is C20H22FN3O. The van der Waals surface area contributed by atoms with Gasteiger partial charge in [-0.1, -0.05) is 48.9 Å². The minimum atomic E-state index is -1.17. The molecular weight excluding hydrogens is 317 g/mol. The molecule has 4 nitrogen and oxygen atoms in total. The second-order valence-electron chi connectivity index (χ2n) is 7.12. The van der Waals surface area contributed by atoms with Gasteiger partial charge < -0.3 is 0 Å². The van der Waals surface area contributed by atoms with Crippen molar-refractivity contribution < 1.29 is 9.18 Å². The monoisotopic (exact) mass is 339 g/mol. The Morgan fingerprint density at radius 3 is 2.88 bits per heavy atom. The molecule has 5 heteroatoms. The summed E-state index contributed by atoms with van der Waals surface area (Å²) in [5, 5.41) is 4.40. The molecule has 0 N–H and O–H groups in total. The zero-order valence-corrected chi connectivity index (χ0v) is 14.4. The average Bonchev–Trinajstić information content (AvgIpc) is 3.30. The van der Waals surface area contributed by atoms with Crippen LogP contribution >= 0.6 is 0 Å². The normalized spacial score (nSPS) is 25.0. The molecule has 0 bridgehead atoms. The van der Waals surface area contributed by atoms with Crippen LogP contribution in [0.2, 0.25) is 0 Å². The van der Waals surface area contributed by atoms with Crippen LogP contribution in [0.4, 0.5) is 4.39 Å². The molecule has 0 radical (unpaired) electrons. The highest BCUT2D eigenvalue weighted by atomic mass is 19.1. The predicted molar refractivity (Wildman–Crippen MR) is 93.3 cm³/mol. The van der Waals surface area contributed by atoms with Gasteiger partial charge in [-0.2, -0.15) is 0 Å². The molecule has 0 saturated carbocycles. The van der Waals surface area contributed by atoms with E-state index in [-0.39, 0.29) is 23.9 Å². The lowest BCUT2D eigenvalue weighted by Crippen LogP contribution is -2.17. The second-order valence-corrected chi connectivity index (χ2v) is 7.12. The average molecular weight is 339 g/mol. The minimum absolute atomic E-state index is 0.111. The van der Waals surface area contributed by atoms with Crippen LogP contribution in [0, 0.1) is 0 Å². The molecule has 1 aromatic carbocycles. The number of nitrogens with zero attached hydrogens (tertiary/aromatic N) is 3. The molecule has 0 amide bonds. The maximum absolute atomic E-state index is 14.3. The van der Waals surface area contributed by atoms with Crippen LogP contribution in [-0.4, -0.2) is 26.2 Å². The number of benzene rings is 1. The summed E-state index contributed by atoms with van der Waals surface area (Å²) in [5.74, 6) is 1.22. The maximum atomic E-state index is 14.3. The highest BCUT2D eigenvalue weighted by Gasteiger charge is 2.34. The number of aryl methyl sites for hydroxylation is 1. The van der Waals surface area contributed by atoms with Crippen LogP contribution in [-0.2, 0) is 6.54 Å². The molecule has 0 spiro atoms. The maximum Gasteiger partial charge on any atom is 0.217 e. The first kappa shape index (κ1) is 16.2. The zero-order chi connectivity index (χ0) is 17.4. The van der Waals surface area contributed by atoms with Gasteiger partial charge in [0.1, 0.15) is 11.5 Å². The molecule has 0 saturated heterocycles. The fourth-order valence-electron chi connectivity index (χ4n) is 3.84. The van der Waals surface area contributed by atoms with Gasteiger partial charge in [0, 0.05) is 25.3 Å². The van der Waals surface area contributed by atoms with Crippen molar-refractivity contribution in [3.05, 3.63) is 59.2 Å². The van der Waals surface area contributed by atoms with Gasteiger partial charge in [0.2, 0.25) is 11.6 Å². The number of hydrogen-bond acceptors (Lipinski definition) is 3. The molecule has 1 aliphatic carbocycles. The summed E-state index contributed by atoms with van der Waals surface area (Å²) >= 11 is 0. The van der Waals surface area contributed by atoms with Gasteiger partial charge in [-0.05, 0) is 24.8 Å². The van der Waals surface area contributed by atoms with Crippen LogP contribution in [0.3, 0.4) is 0 Å². The van der Waals surface area contributed by atoms with E-state index >= 15 is 0 Å². The van der Waals surface area contributed by atoms with Gasteiger partial charge in [0.05, 0.1) is 0 Å². The van der Waals surface area contributed by atoms with E-state index in [9.17, 15) is 9.18 Å². The van der Waals surface area contributed by atoms with Crippen LogP contribution in [0.25, 0.3) is 0 Å². The van der Waals surface area contributed by atoms with Crippen LogP contribution in [0.1, 0.15) is 67.0 Å². The lowest BCUT2D eigenvalue weighted by molar-refractivity contribution is 0.0979. The Kier molecular flexibility index (Phi) is 4.02. The van der Waals surface area contributed by atoms with Gasteiger partial charge in [-0.15, -0.1) is 5.10 Å². The number of fused-ring (bicyclic) bond motifs is 1. The molecule has 1 aliphatic heterocycles. The third-order valence-electron chi connectivity index (χ3n) is 5.41. The Balaban J connectivity index is 1.49. The zero-order valence-electron chi connectivity index (χ0n) is 14.4. The summed E-state index contributed by atoms with van der Waals surface area (Å²) in [6.07, 6.45) is 4.31. The summed E-state index contributed by atoms with van der Waals surface area (Å²) in [6.45, 7) is 2.63. The van der Waals surface area contributed by atoms with E-state index in [0.29, 0.717) is 19.3 Å². The Labute approximate surface area is 146 Å². The predicted octanol–water partition coefficient (Wildman–Crippen LogP) is 4.23. The second kappa shape index (κ2) is 6.21. The number of ketones is 1. The number of Topliss-reactive ketones (excluding diaryl/α,β-unsaturated/α-hetero) is 1. The molecule has 2 unspecified atom stereocenters. The van der Waals surface area contributed by atoms with E-state index < -0.39 is 5.67 Å². The number of alkyl halides is 1. The largest absolute Gasteiger partial charge is 0.290 e. The summed E-state index contributed by atoms with van der Waals surface area (Å²) in [7, 11) is 0. The first-order valence-corrected chi connectivity index (χ1v) is 8.98. The Morgan fingerprint density at radius 2 is 2.16 bits per heavy atom. The SMILES string of the molecule is CCC1(F)CC=C(CC(=O)c2nc3n(n2)CCC3c2ccccc2)C1. The van der Waals surface area contributed by atoms with Crippen molar-refractivity contribution >= 4 is 5.78 Å². The lowest BCUT2D eigenvalue weighted by Gasteiger charge is -2.16. The highest BCUT2D eigenvalue weighted by Crippen LogP contribution is 2.37. The third kappa shape index (κ3) is 3.03. The van der Waals surface area contributed by atoms with Crippen LogP contribution in [0.5, 0.6) is 0 Å². The molecule has 2 heterocycles. The smallest absolute Gasteiger partial charge is 0.217 e. The van der Waals surface area contributed by atoms with Crippen molar-refractivity contribution in [3.8, 4) is 0 Å². The van der Waals surface area contributed by atoms with Crippen molar-refractivity contribution in [2.45, 2.75) is 57.2 Å². The van der Waals surface area contributed by atoms with Crippen molar-refractivity contribution in [1.29, 1.82) is 0 Å². The number of carbonyl (C=O) groups is 1. The third-order valence-corrected chi connectivity index (χ3v) is 5.41. The summed E-state index contributed by atoms with van der Waals surface area (Å²) in [4.78, 5) is 17.1. The molecule has 0 fully saturated rings. The van der Waals surface area contributed by atoms with Gasteiger partial charge in [-0.25, -0.2) is 14.1 Å². The Hall–Kier alpha value is -2.30. The summed E-state index contributed by atoms with van der Waals surface area (Å²) < 4.78 is 16.2. The number of halogens is 1. The summed E-state index contributed by atoms with van der Waals surface area (Å²) in [6, 6.07) is 10.2. The molecule has 2 aromatic rings. The first-order chi connectivity index (χ1) is 12.1. The molecule has 25 heavy (non-hydrogen) atoms. The topological polar surface area (TPSA) is 47.8 Å². The number of allylic oxidation sites excluding steroid dienone is 2. The quantitative estimate of drug-likeness (QED) is 0.605. The molecule has 2 aliphatic rings. The van der Waals surface area contributed by atoms with Gasteiger partial charge in [0.15, 0.2) is 0 Å². The van der Waals surface area contributed by atoms with Crippen molar-refractivity contribution in [2.75, 3.05) is 0 Å². The standard InChI is InChI=1S/C20H22FN3O/c1-2-20(21)10-8-14(13-20)12-17(25)18-22-19-16(9-11-24(19)23-18)15-6-4-3-5-7-15/h3-8,16H,2,9-13H2,1H3. The fraction of sp³-hybridized carbons (Fsp3) is 0.450. The van der Waals surface area contributed by atoms with Crippen molar-refractivity contribution in [3.63, 3.8) is 0 Å². The van der Waals surface area contributed by atoms with E-state index in [1.54, 1.807) is 0 Å². The van der Waals surface area contributed by atoms with Gasteiger partial charge >= 0.3 is 0 Å². The van der Waals surface area contributed by atoms with Crippen LogP contribution in [0.15, 0.2) is 42.0 Å². The highest BCUT2D eigenvalue weighted by molar-refractivity contribution is 5.94. The molecule has 1 aromatic heterocycles. The van der Waals surface area contributed by atoms with Crippen LogP contribution < -0.4 is 0 Å². The van der Waals surface area contributed by atoms with Crippen molar-refractivity contribution in [2.24, 2.45) is 0 Å². The Bertz CT molecular complexity index is 827. The fourth-order valence-corrected chi connectivity index (χ4v) is 3.84. The van der Waals surface area contributed by atoms with E-state index in [2.05, 4.69) is 22.2 Å². The van der Waals surface area contributed by atoms with E-state index in [0.717, 1.165) is 24.4 Å². The number of rotatable bonds is 5. The van der Waals surface area contributed by atoms with E-state index in [1.807, 2.05) is 35.9 Å². The van der Waals surface area contributed by atoms with E-state index in [4.69, 9.17) is 0 Å². The molecule has 2 atom stereocenters. The number of hydrogen-bond donors (Lipinski definition) is 0. The first-order valence-electron chi connectivity index (χ1n) is 8.98. The molecule has 130 valence electrons. The van der Waals surface area contributed by atoms with Gasteiger partial charge in [-0.3, -0.25) is 4.79 Å². The van der Waals surface area contributed by atoms with E-state index in [1.165, 1.54) is 5.56 Å². The van der Waals surface area contributed by atoms with Gasteiger partial charge in [0.25, 0.3) is 0 Å². The summed E-state index contributed by atoms with van der Waals surface area (Å²) in [5.41, 5.74) is 0.914.